The predicted octanol–water partition coefficient (Wildman–Crippen LogP) is 0.846. The second-order valence-electron chi connectivity index (χ2n) is 4.05. The molecule has 2 rings (SSSR count). The van der Waals surface area contributed by atoms with Crippen molar-refractivity contribution in [2.45, 2.75) is 26.3 Å². The molecule has 5 heteroatoms. The lowest BCUT2D eigenvalue weighted by Gasteiger charge is -2.17. The number of nitrogens with two attached hydrogens (primary N) is 1. The van der Waals surface area contributed by atoms with Gasteiger partial charge in [-0.15, -0.1) is 0 Å². The van der Waals surface area contributed by atoms with Gasteiger partial charge >= 0.3 is 0 Å². The first-order chi connectivity index (χ1) is 7.65. The third-order valence-corrected chi connectivity index (χ3v) is 3.04. The largest absolute Gasteiger partial charge is 0.496 e. The Hall–Kier alpha value is -1.33. The summed E-state index contributed by atoms with van der Waals surface area (Å²) in [7, 11) is 1.93. The van der Waals surface area contributed by atoms with Crippen LogP contribution in [0.5, 0.6) is 0 Å². The fourth-order valence-corrected chi connectivity index (χ4v) is 2.15. The summed E-state index contributed by atoms with van der Waals surface area (Å²) in [5.74, 6) is 6.53. The van der Waals surface area contributed by atoms with E-state index < -0.39 is 0 Å². The van der Waals surface area contributed by atoms with Crippen molar-refractivity contribution in [3.05, 3.63) is 28.8 Å². The smallest absolute Gasteiger partial charge is 0.115 e. The first kappa shape index (κ1) is 11.2. The summed E-state index contributed by atoms with van der Waals surface area (Å²) in [4.78, 5) is 0. The highest BCUT2D eigenvalue weighted by Gasteiger charge is 2.25. The van der Waals surface area contributed by atoms with E-state index in [-0.39, 0.29) is 6.04 Å². The highest BCUT2D eigenvalue weighted by Crippen LogP contribution is 2.29. The van der Waals surface area contributed by atoms with Crippen LogP contribution in [0.2, 0.25) is 0 Å². The zero-order valence-electron chi connectivity index (χ0n) is 9.95. The highest BCUT2D eigenvalue weighted by molar-refractivity contribution is 5.33. The molecule has 1 atom stereocenters. The van der Waals surface area contributed by atoms with E-state index >= 15 is 0 Å². The minimum absolute atomic E-state index is 0.0869. The molecule has 0 bridgehead atoms. The average Bonchev–Trinajstić information content (AvgIpc) is 2.84. The van der Waals surface area contributed by atoms with Gasteiger partial charge in [0.25, 0.3) is 0 Å². The van der Waals surface area contributed by atoms with Gasteiger partial charge in [0.15, 0.2) is 0 Å². The second-order valence-corrected chi connectivity index (χ2v) is 4.05. The Morgan fingerprint density at radius 2 is 2.31 bits per heavy atom. The Kier molecular flexibility index (Phi) is 2.98. The number of nitrogens with zero attached hydrogens (tertiary/aromatic N) is 2. The molecule has 5 nitrogen and oxygen atoms in total. The molecule has 16 heavy (non-hydrogen) atoms. The first-order valence-corrected chi connectivity index (χ1v) is 5.44. The summed E-state index contributed by atoms with van der Waals surface area (Å²) in [6.07, 6.45) is 3.03. The van der Waals surface area contributed by atoms with Crippen molar-refractivity contribution in [3.8, 4) is 0 Å². The van der Waals surface area contributed by atoms with Crippen LogP contribution in [0, 0.1) is 13.8 Å². The average molecular weight is 222 g/mol. The van der Waals surface area contributed by atoms with Crippen LogP contribution in [0.1, 0.15) is 29.4 Å². The van der Waals surface area contributed by atoms with Crippen LogP contribution in [0.25, 0.3) is 0 Å². The minimum Gasteiger partial charge on any atom is -0.496 e. The number of aromatic nitrogens is 2. The maximum absolute atomic E-state index is 5.62. The van der Waals surface area contributed by atoms with Crippen LogP contribution in [0.15, 0.2) is 11.8 Å². The van der Waals surface area contributed by atoms with Crippen molar-refractivity contribution in [2.75, 3.05) is 6.61 Å². The van der Waals surface area contributed by atoms with Crippen LogP contribution in [-0.2, 0) is 11.8 Å². The molecule has 0 fully saturated rings. The molecule has 1 aliphatic rings. The van der Waals surface area contributed by atoms with Gasteiger partial charge in [0, 0.05) is 24.7 Å². The number of aryl methyl sites for hydroxylation is 2. The van der Waals surface area contributed by atoms with Gasteiger partial charge in [-0.25, -0.2) is 5.43 Å². The predicted molar refractivity (Wildman–Crippen MR) is 61.4 cm³/mol. The maximum Gasteiger partial charge on any atom is 0.115 e. The maximum atomic E-state index is 5.62. The van der Waals surface area contributed by atoms with Crippen LogP contribution in [0.4, 0.5) is 0 Å². The van der Waals surface area contributed by atoms with Crippen molar-refractivity contribution in [1.29, 1.82) is 0 Å². The zero-order valence-corrected chi connectivity index (χ0v) is 9.95. The third kappa shape index (κ3) is 1.72. The molecule has 0 saturated heterocycles. The molecule has 1 aromatic rings. The van der Waals surface area contributed by atoms with E-state index in [4.69, 9.17) is 10.6 Å². The van der Waals surface area contributed by atoms with Crippen LogP contribution in [0.3, 0.4) is 0 Å². The number of hydrogen-bond donors (Lipinski definition) is 2. The van der Waals surface area contributed by atoms with E-state index in [1.807, 2.05) is 25.6 Å². The molecule has 1 aromatic heterocycles. The van der Waals surface area contributed by atoms with Gasteiger partial charge < -0.3 is 4.74 Å². The third-order valence-electron chi connectivity index (χ3n) is 3.04. The van der Waals surface area contributed by atoms with Crippen molar-refractivity contribution < 1.29 is 4.74 Å². The van der Waals surface area contributed by atoms with Crippen molar-refractivity contribution in [2.24, 2.45) is 12.9 Å². The molecule has 1 aliphatic heterocycles. The van der Waals surface area contributed by atoms with E-state index in [2.05, 4.69) is 16.6 Å². The number of ether oxygens (including phenoxy) is 1. The molecule has 0 amide bonds. The normalized spacial score (nSPS) is 17.1. The quantitative estimate of drug-likeness (QED) is 0.587. The number of hydrogen-bond acceptors (Lipinski definition) is 4. The summed E-state index contributed by atoms with van der Waals surface area (Å²) < 4.78 is 7.43. The van der Waals surface area contributed by atoms with Gasteiger partial charge in [-0.1, -0.05) is 0 Å². The lowest BCUT2D eigenvalue weighted by Crippen LogP contribution is -2.30. The molecule has 3 N–H and O–H groups in total. The fraction of sp³-hybridized carbons (Fsp3) is 0.545. The van der Waals surface area contributed by atoms with E-state index in [0.29, 0.717) is 0 Å². The monoisotopic (exact) mass is 222 g/mol. The SMILES string of the molecule is Cc1nn(C)c(C)c1C(NN)C1=CCCO1. The molecule has 0 aliphatic carbocycles. The Balaban J connectivity index is 2.40. The Morgan fingerprint density at radius 3 is 2.75 bits per heavy atom. The van der Waals surface area contributed by atoms with Gasteiger partial charge in [0.05, 0.1) is 12.3 Å². The van der Waals surface area contributed by atoms with E-state index in [9.17, 15) is 0 Å². The van der Waals surface area contributed by atoms with Gasteiger partial charge in [0.1, 0.15) is 11.8 Å². The Bertz CT molecular complexity index is 422. The van der Waals surface area contributed by atoms with Gasteiger partial charge in [-0.05, 0) is 19.9 Å². The lowest BCUT2D eigenvalue weighted by molar-refractivity contribution is 0.215. The molecule has 1 unspecified atom stereocenters. The summed E-state index contributed by atoms with van der Waals surface area (Å²) in [6.45, 7) is 4.77. The molecule has 0 aromatic carbocycles. The van der Waals surface area contributed by atoms with Crippen LogP contribution in [-0.4, -0.2) is 16.4 Å². The zero-order chi connectivity index (χ0) is 11.7. The van der Waals surface area contributed by atoms with Crippen molar-refractivity contribution in [3.63, 3.8) is 0 Å². The minimum atomic E-state index is -0.0869. The summed E-state index contributed by atoms with van der Waals surface area (Å²) in [5, 5.41) is 4.39. The molecule has 0 spiro atoms. The highest BCUT2D eigenvalue weighted by atomic mass is 16.5. The van der Waals surface area contributed by atoms with Crippen molar-refractivity contribution in [1.82, 2.24) is 15.2 Å². The Morgan fingerprint density at radius 1 is 1.56 bits per heavy atom. The molecule has 0 saturated carbocycles. The van der Waals surface area contributed by atoms with E-state index in [1.165, 1.54) is 0 Å². The number of rotatable bonds is 3. The van der Waals surface area contributed by atoms with E-state index in [0.717, 1.165) is 35.7 Å². The number of hydrazine groups is 1. The molecule has 0 radical (unpaired) electrons. The van der Waals surface area contributed by atoms with Gasteiger partial charge in [0.2, 0.25) is 0 Å². The fourth-order valence-electron chi connectivity index (χ4n) is 2.15. The second kappa shape index (κ2) is 4.27. The Labute approximate surface area is 95.2 Å². The topological polar surface area (TPSA) is 65.1 Å². The van der Waals surface area contributed by atoms with Crippen molar-refractivity contribution >= 4 is 0 Å². The standard InChI is InChI=1S/C11H18N4O/c1-7-10(8(2)15(3)14-7)11(13-12)9-5-4-6-16-9/h5,11,13H,4,6,12H2,1-3H3. The van der Waals surface area contributed by atoms with Gasteiger partial charge in [-0.2, -0.15) is 5.10 Å². The van der Waals surface area contributed by atoms with Crippen LogP contribution >= 0.6 is 0 Å². The molecule has 2 heterocycles. The molecule has 88 valence electrons. The van der Waals surface area contributed by atoms with Gasteiger partial charge in [-0.3, -0.25) is 10.5 Å². The summed E-state index contributed by atoms with van der Waals surface area (Å²) in [5.41, 5.74) is 6.01. The summed E-state index contributed by atoms with van der Waals surface area (Å²) in [6, 6.07) is -0.0869. The van der Waals surface area contributed by atoms with Crippen LogP contribution < -0.4 is 11.3 Å². The number of nitrogens with one attached hydrogen (secondary N) is 1. The molecular weight excluding hydrogens is 204 g/mol. The first-order valence-electron chi connectivity index (χ1n) is 5.44. The molecular formula is C11H18N4O. The summed E-state index contributed by atoms with van der Waals surface area (Å²) >= 11 is 0. The van der Waals surface area contributed by atoms with E-state index in [1.54, 1.807) is 0 Å². The lowest BCUT2D eigenvalue weighted by atomic mass is 10.0.